The first-order chi connectivity index (χ1) is 9.03. The Morgan fingerprint density at radius 1 is 0.842 bits per heavy atom. The molecule has 2 aromatic rings. The lowest BCUT2D eigenvalue weighted by molar-refractivity contribution is 0.501. The van der Waals surface area contributed by atoms with Crippen molar-refractivity contribution in [3.63, 3.8) is 0 Å². The SMILES string of the molecule is O=S1(=O)N(F)c2ccccc2N1c1ccccc1F. The lowest BCUT2D eigenvalue weighted by Gasteiger charge is -2.17. The minimum Gasteiger partial charge on any atom is -0.214 e. The smallest absolute Gasteiger partial charge is 0.214 e. The summed E-state index contributed by atoms with van der Waals surface area (Å²) in [4.78, 5) is 0. The van der Waals surface area contributed by atoms with Crippen molar-refractivity contribution >= 4 is 27.3 Å². The number of hydrogen-bond acceptors (Lipinski definition) is 2. The van der Waals surface area contributed by atoms with E-state index in [9.17, 15) is 17.3 Å². The Labute approximate surface area is 108 Å². The van der Waals surface area contributed by atoms with Crippen molar-refractivity contribution in [2.45, 2.75) is 0 Å². The average Bonchev–Trinajstić information content (AvgIpc) is 2.59. The van der Waals surface area contributed by atoms with Crippen LogP contribution >= 0.6 is 0 Å². The summed E-state index contributed by atoms with van der Waals surface area (Å²) in [6.07, 6.45) is 0. The van der Waals surface area contributed by atoms with Crippen LogP contribution in [0, 0.1) is 5.82 Å². The molecule has 0 saturated heterocycles. The van der Waals surface area contributed by atoms with Gasteiger partial charge in [0.05, 0.1) is 11.4 Å². The summed E-state index contributed by atoms with van der Waals surface area (Å²) >= 11 is 0. The molecule has 0 aliphatic carbocycles. The Bertz CT molecular complexity index is 749. The zero-order valence-electron chi connectivity index (χ0n) is 9.49. The molecule has 1 heterocycles. The van der Waals surface area contributed by atoms with Gasteiger partial charge in [-0.05, 0) is 24.3 Å². The van der Waals surface area contributed by atoms with Crippen LogP contribution in [0.15, 0.2) is 48.5 Å². The van der Waals surface area contributed by atoms with Crippen molar-refractivity contribution in [1.82, 2.24) is 0 Å². The van der Waals surface area contributed by atoms with E-state index in [1.54, 1.807) is 6.07 Å². The molecule has 7 heteroatoms. The van der Waals surface area contributed by atoms with Crippen LogP contribution < -0.4 is 8.83 Å². The van der Waals surface area contributed by atoms with E-state index in [1.165, 1.54) is 36.4 Å². The Kier molecular flexibility index (Phi) is 2.46. The summed E-state index contributed by atoms with van der Waals surface area (Å²) in [6.45, 7) is 0. The fourth-order valence-electron chi connectivity index (χ4n) is 1.98. The summed E-state index contributed by atoms with van der Waals surface area (Å²) in [7, 11) is -4.44. The highest BCUT2D eigenvalue weighted by Crippen LogP contribution is 2.45. The van der Waals surface area contributed by atoms with Crippen LogP contribution in [0.25, 0.3) is 0 Å². The number of anilines is 3. The second-order valence-corrected chi connectivity index (χ2v) is 5.51. The van der Waals surface area contributed by atoms with Crippen LogP contribution in [0.5, 0.6) is 0 Å². The monoisotopic (exact) mass is 282 g/mol. The van der Waals surface area contributed by atoms with E-state index in [0.29, 0.717) is 4.31 Å². The Balaban J connectivity index is 2.30. The first-order valence-corrected chi connectivity index (χ1v) is 6.78. The van der Waals surface area contributed by atoms with Gasteiger partial charge in [-0.25, -0.2) is 8.70 Å². The quantitative estimate of drug-likeness (QED) is 0.755. The number of para-hydroxylation sites is 3. The highest BCUT2D eigenvalue weighted by Gasteiger charge is 2.43. The van der Waals surface area contributed by atoms with Gasteiger partial charge in [0.25, 0.3) is 0 Å². The number of nitrogens with zero attached hydrogens (tertiary/aromatic N) is 2. The highest BCUT2D eigenvalue weighted by molar-refractivity contribution is 7.94. The van der Waals surface area contributed by atoms with Crippen molar-refractivity contribution < 1.29 is 17.3 Å². The van der Waals surface area contributed by atoms with Gasteiger partial charge in [-0.3, -0.25) is 0 Å². The maximum Gasteiger partial charge on any atom is 0.357 e. The summed E-state index contributed by atoms with van der Waals surface area (Å²) in [6, 6.07) is 11.1. The van der Waals surface area contributed by atoms with E-state index in [-0.39, 0.29) is 21.6 Å². The molecule has 19 heavy (non-hydrogen) atoms. The maximum absolute atomic E-state index is 13.8. The third kappa shape index (κ3) is 1.58. The number of halogens is 2. The number of hydrogen-bond donors (Lipinski definition) is 0. The van der Waals surface area contributed by atoms with Crippen molar-refractivity contribution in [2.24, 2.45) is 0 Å². The standard InChI is InChI=1S/C12H8F2N2O2S/c13-9-5-1-2-6-10(9)15-11-7-3-4-8-12(11)16(14)19(15,17)18/h1-8H. The number of fused-ring (bicyclic) bond motifs is 1. The van der Waals surface area contributed by atoms with E-state index in [0.717, 1.165) is 6.07 Å². The molecule has 0 aromatic heterocycles. The molecule has 0 atom stereocenters. The van der Waals surface area contributed by atoms with Crippen LogP contribution in [0.1, 0.15) is 0 Å². The van der Waals surface area contributed by atoms with Crippen molar-refractivity contribution in [3.05, 3.63) is 54.3 Å². The summed E-state index contributed by atoms with van der Waals surface area (Å²) in [5.41, 5.74) is -0.268. The molecule has 4 nitrogen and oxygen atoms in total. The second-order valence-electron chi connectivity index (χ2n) is 3.93. The van der Waals surface area contributed by atoms with E-state index < -0.39 is 16.0 Å². The lowest BCUT2D eigenvalue weighted by atomic mass is 10.2. The van der Waals surface area contributed by atoms with Gasteiger partial charge in [-0.1, -0.05) is 33.3 Å². The van der Waals surface area contributed by atoms with Crippen molar-refractivity contribution in [3.8, 4) is 0 Å². The number of rotatable bonds is 1. The van der Waals surface area contributed by atoms with Gasteiger partial charge >= 0.3 is 10.2 Å². The number of benzene rings is 2. The topological polar surface area (TPSA) is 40.6 Å². The van der Waals surface area contributed by atoms with Gasteiger partial charge in [0.1, 0.15) is 11.5 Å². The minimum absolute atomic E-state index is 0.0788. The molecular weight excluding hydrogens is 274 g/mol. The van der Waals surface area contributed by atoms with Crippen molar-refractivity contribution in [2.75, 3.05) is 8.83 Å². The largest absolute Gasteiger partial charge is 0.357 e. The van der Waals surface area contributed by atoms with Gasteiger partial charge < -0.3 is 0 Å². The highest BCUT2D eigenvalue weighted by atomic mass is 32.2. The predicted molar refractivity (Wildman–Crippen MR) is 67.5 cm³/mol. The van der Waals surface area contributed by atoms with E-state index in [4.69, 9.17) is 0 Å². The van der Waals surface area contributed by atoms with Gasteiger partial charge in [-0.2, -0.15) is 8.42 Å². The van der Waals surface area contributed by atoms with E-state index >= 15 is 0 Å². The third-order valence-electron chi connectivity index (χ3n) is 2.79. The minimum atomic E-state index is -4.44. The first-order valence-electron chi connectivity index (χ1n) is 5.38. The molecule has 0 amide bonds. The Hall–Kier alpha value is -2.15. The fourth-order valence-corrected chi connectivity index (χ4v) is 3.32. The molecule has 1 aliphatic rings. The van der Waals surface area contributed by atoms with Gasteiger partial charge in [0, 0.05) is 0 Å². The van der Waals surface area contributed by atoms with E-state index in [2.05, 4.69) is 0 Å². The van der Waals surface area contributed by atoms with Gasteiger partial charge in [0.15, 0.2) is 0 Å². The molecule has 0 unspecified atom stereocenters. The Morgan fingerprint density at radius 2 is 1.37 bits per heavy atom. The first kappa shape index (κ1) is 11.9. The fraction of sp³-hybridized carbons (Fsp3) is 0. The van der Waals surface area contributed by atoms with E-state index in [1.807, 2.05) is 0 Å². The van der Waals surface area contributed by atoms with Crippen molar-refractivity contribution in [1.29, 1.82) is 0 Å². The zero-order chi connectivity index (χ0) is 13.6. The zero-order valence-corrected chi connectivity index (χ0v) is 10.3. The normalized spacial score (nSPS) is 16.5. The predicted octanol–water partition coefficient (Wildman–Crippen LogP) is 2.91. The maximum atomic E-state index is 13.8. The van der Waals surface area contributed by atoms with Crippen LogP contribution in [0.4, 0.5) is 25.9 Å². The summed E-state index contributed by atoms with van der Waals surface area (Å²) in [5, 5.41) is 0. The van der Waals surface area contributed by atoms with Crippen LogP contribution in [0.2, 0.25) is 0 Å². The molecule has 98 valence electrons. The molecule has 0 spiro atoms. The molecule has 3 rings (SSSR count). The molecular formula is C12H8F2N2O2S. The average molecular weight is 282 g/mol. The molecule has 0 bridgehead atoms. The second kappa shape index (κ2) is 3.92. The lowest BCUT2D eigenvalue weighted by Crippen LogP contribution is -2.30. The molecule has 0 saturated carbocycles. The molecule has 1 aliphatic heterocycles. The molecule has 2 aromatic carbocycles. The summed E-state index contributed by atoms with van der Waals surface area (Å²) in [5.74, 6) is -0.740. The molecule has 0 radical (unpaired) electrons. The third-order valence-corrected chi connectivity index (χ3v) is 4.25. The Morgan fingerprint density at radius 3 is 2.00 bits per heavy atom. The molecule has 0 fully saturated rings. The molecule has 0 N–H and O–H groups in total. The van der Waals surface area contributed by atoms with Crippen LogP contribution in [-0.2, 0) is 10.2 Å². The van der Waals surface area contributed by atoms with Crippen LogP contribution in [0.3, 0.4) is 0 Å². The van der Waals surface area contributed by atoms with Gasteiger partial charge in [0.2, 0.25) is 0 Å². The van der Waals surface area contributed by atoms with Gasteiger partial charge in [-0.15, -0.1) is 0 Å². The summed E-state index contributed by atoms with van der Waals surface area (Å²) < 4.78 is 51.9. The van der Waals surface area contributed by atoms with Crippen LogP contribution in [-0.4, -0.2) is 8.42 Å².